The molecule has 1 saturated carbocycles. The van der Waals surface area contributed by atoms with E-state index in [1.807, 2.05) is 6.08 Å². The normalized spacial score (nSPS) is 27.5. The summed E-state index contributed by atoms with van der Waals surface area (Å²) >= 11 is 0. The molecule has 3 atom stereocenters. The number of rotatable bonds is 8. The number of allylic oxidation sites excluding steroid dienone is 4. The van der Waals surface area contributed by atoms with E-state index in [9.17, 15) is 0 Å². The lowest BCUT2D eigenvalue weighted by atomic mass is 9.63. The monoisotopic (exact) mass is 303 g/mol. The molecule has 1 rings (SSSR count). The predicted octanol–water partition coefficient (Wildman–Crippen LogP) is 7.08. The fourth-order valence-corrected chi connectivity index (χ4v) is 4.31. The smallest absolute Gasteiger partial charge is 0.0197 e. The fraction of sp³-hybridized carbons (Fsp3) is 0.773. The van der Waals surface area contributed by atoms with Gasteiger partial charge in [-0.2, -0.15) is 0 Å². The highest BCUT2D eigenvalue weighted by Gasteiger charge is 2.35. The molecule has 3 unspecified atom stereocenters. The van der Waals surface area contributed by atoms with Crippen LogP contribution >= 0.6 is 0 Å². The Bertz CT molecular complexity index is 379. The summed E-state index contributed by atoms with van der Waals surface area (Å²) in [6.45, 7) is 20.5. The summed E-state index contributed by atoms with van der Waals surface area (Å²) in [4.78, 5) is 0. The van der Waals surface area contributed by atoms with Crippen LogP contribution in [0.1, 0.15) is 74.1 Å². The molecule has 22 heavy (non-hydrogen) atoms. The second-order valence-electron chi connectivity index (χ2n) is 8.17. The predicted molar refractivity (Wildman–Crippen MR) is 101 cm³/mol. The summed E-state index contributed by atoms with van der Waals surface area (Å²) in [6, 6.07) is 0. The van der Waals surface area contributed by atoms with Crippen molar-refractivity contribution in [2.75, 3.05) is 0 Å². The Morgan fingerprint density at radius 2 is 1.73 bits per heavy atom. The molecule has 1 radical (unpaired) electrons. The highest BCUT2D eigenvalue weighted by atomic mass is 14.4. The van der Waals surface area contributed by atoms with Gasteiger partial charge >= 0.3 is 0 Å². The maximum atomic E-state index is 3.84. The first kappa shape index (κ1) is 19.5. The average molecular weight is 304 g/mol. The minimum absolute atomic E-state index is 0.746. The molecule has 1 aliphatic rings. The number of hydrogen-bond donors (Lipinski definition) is 0. The molecular formula is C22H39. The Kier molecular flexibility index (Phi) is 7.94. The van der Waals surface area contributed by atoms with Crippen LogP contribution in [-0.4, -0.2) is 0 Å². The second kappa shape index (κ2) is 8.94. The summed E-state index contributed by atoms with van der Waals surface area (Å²) in [7, 11) is 0. The van der Waals surface area contributed by atoms with Gasteiger partial charge in [0, 0.05) is 0 Å². The van der Waals surface area contributed by atoms with E-state index in [4.69, 9.17) is 0 Å². The quantitative estimate of drug-likeness (QED) is 0.420. The van der Waals surface area contributed by atoms with E-state index in [1.54, 1.807) is 5.57 Å². The summed E-state index contributed by atoms with van der Waals surface area (Å²) in [6.07, 6.45) is 9.61. The van der Waals surface area contributed by atoms with Gasteiger partial charge in [-0.05, 0) is 75.0 Å². The van der Waals surface area contributed by atoms with Crippen LogP contribution < -0.4 is 0 Å². The van der Waals surface area contributed by atoms with E-state index >= 15 is 0 Å². The van der Waals surface area contributed by atoms with Gasteiger partial charge in [-0.25, -0.2) is 0 Å². The first-order chi connectivity index (χ1) is 10.3. The Morgan fingerprint density at radius 1 is 1.14 bits per heavy atom. The second-order valence-corrected chi connectivity index (χ2v) is 8.17. The SMILES string of the molecule is [CH2]/C=C\C(C)=C(\CC)C(C)C1CC(CC(C)C(C)C(C)C)C1. The van der Waals surface area contributed by atoms with E-state index in [1.165, 1.54) is 31.3 Å². The molecule has 0 aromatic rings. The average Bonchev–Trinajstić information content (AvgIpc) is 2.41. The van der Waals surface area contributed by atoms with Crippen LogP contribution in [0.15, 0.2) is 23.3 Å². The molecule has 0 aliphatic heterocycles. The zero-order valence-electron chi connectivity index (χ0n) is 16.2. The molecule has 0 N–H and O–H groups in total. The van der Waals surface area contributed by atoms with Crippen LogP contribution in [0.3, 0.4) is 0 Å². The van der Waals surface area contributed by atoms with E-state index in [0.717, 1.165) is 35.5 Å². The Hall–Kier alpha value is -0.520. The summed E-state index contributed by atoms with van der Waals surface area (Å²) in [5, 5.41) is 0. The molecule has 0 bridgehead atoms. The van der Waals surface area contributed by atoms with Crippen molar-refractivity contribution < 1.29 is 0 Å². The highest BCUT2D eigenvalue weighted by molar-refractivity contribution is 5.26. The Morgan fingerprint density at radius 3 is 2.18 bits per heavy atom. The first-order valence-electron chi connectivity index (χ1n) is 9.47. The van der Waals surface area contributed by atoms with Crippen molar-refractivity contribution in [2.45, 2.75) is 74.1 Å². The molecule has 0 spiro atoms. The van der Waals surface area contributed by atoms with E-state index in [2.05, 4.69) is 61.5 Å². The molecule has 1 fully saturated rings. The maximum Gasteiger partial charge on any atom is -0.0197 e. The number of hydrogen-bond acceptors (Lipinski definition) is 0. The summed E-state index contributed by atoms with van der Waals surface area (Å²) in [5.41, 5.74) is 3.09. The van der Waals surface area contributed by atoms with Crippen molar-refractivity contribution >= 4 is 0 Å². The van der Waals surface area contributed by atoms with Crippen LogP contribution in [0, 0.1) is 42.4 Å². The van der Waals surface area contributed by atoms with E-state index < -0.39 is 0 Å². The highest BCUT2D eigenvalue weighted by Crippen LogP contribution is 2.46. The molecule has 0 heteroatoms. The first-order valence-corrected chi connectivity index (χ1v) is 9.47. The molecule has 0 saturated heterocycles. The zero-order chi connectivity index (χ0) is 16.9. The molecular weight excluding hydrogens is 264 g/mol. The van der Waals surface area contributed by atoms with Crippen LogP contribution in [0.25, 0.3) is 0 Å². The van der Waals surface area contributed by atoms with Crippen molar-refractivity contribution in [1.82, 2.24) is 0 Å². The van der Waals surface area contributed by atoms with Crippen molar-refractivity contribution in [3.05, 3.63) is 30.2 Å². The van der Waals surface area contributed by atoms with Gasteiger partial charge in [-0.3, -0.25) is 0 Å². The Labute approximate surface area is 140 Å². The third-order valence-electron chi connectivity index (χ3n) is 6.44. The third kappa shape index (κ3) is 5.00. The van der Waals surface area contributed by atoms with Crippen molar-refractivity contribution in [3.63, 3.8) is 0 Å². The van der Waals surface area contributed by atoms with Gasteiger partial charge < -0.3 is 0 Å². The van der Waals surface area contributed by atoms with Crippen molar-refractivity contribution in [2.24, 2.45) is 35.5 Å². The van der Waals surface area contributed by atoms with Gasteiger partial charge in [0.2, 0.25) is 0 Å². The maximum absolute atomic E-state index is 3.84. The zero-order valence-corrected chi connectivity index (χ0v) is 16.2. The topological polar surface area (TPSA) is 0 Å². The van der Waals surface area contributed by atoms with Crippen LogP contribution in [0.5, 0.6) is 0 Å². The van der Waals surface area contributed by atoms with Crippen LogP contribution in [-0.2, 0) is 0 Å². The summed E-state index contributed by atoms with van der Waals surface area (Å²) in [5.74, 6) is 5.18. The van der Waals surface area contributed by atoms with Gasteiger partial charge in [-0.15, -0.1) is 0 Å². The largest absolute Gasteiger partial charge is 0.0840 e. The molecule has 127 valence electrons. The van der Waals surface area contributed by atoms with Crippen molar-refractivity contribution in [3.8, 4) is 0 Å². The van der Waals surface area contributed by atoms with Crippen molar-refractivity contribution in [1.29, 1.82) is 0 Å². The van der Waals surface area contributed by atoms with Gasteiger partial charge in [0.05, 0.1) is 0 Å². The lowest BCUT2D eigenvalue weighted by Gasteiger charge is -2.42. The molecule has 0 aromatic carbocycles. The van der Waals surface area contributed by atoms with Crippen LogP contribution in [0.4, 0.5) is 0 Å². The standard InChI is InChI=1S/C22H39/c1-9-11-16(5)22(10-2)19(8)21-13-20(14-21)12-17(6)18(7)15(3)4/h9,11,15,17-21H,1,10,12-14H2,2-8H3/b11-9-,22-16-. The molecule has 0 amide bonds. The van der Waals surface area contributed by atoms with E-state index in [-0.39, 0.29) is 0 Å². The molecule has 0 aromatic heterocycles. The Balaban J connectivity index is 2.51. The fourth-order valence-electron chi connectivity index (χ4n) is 4.31. The molecule has 0 nitrogen and oxygen atoms in total. The van der Waals surface area contributed by atoms with Gasteiger partial charge in [0.1, 0.15) is 0 Å². The van der Waals surface area contributed by atoms with Gasteiger partial charge in [-0.1, -0.05) is 64.8 Å². The lowest BCUT2D eigenvalue weighted by Crippen LogP contribution is -2.32. The minimum atomic E-state index is 0.746. The van der Waals surface area contributed by atoms with Gasteiger partial charge in [0.25, 0.3) is 0 Å². The molecule has 1 aliphatic carbocycles. The van der Waals surface area contributed by atoms with E-state index in [0.29, 0.717) is 0 Å². The minimum Gasteiger partial charge on any atom is -0.0840 e. The van der Waals surface area contributed by atoms with Gasteiger partial charge in [0.15, 0.2) is 0 Å². The third-order valence-corrected chi connectivity index (χ3v) is 6.44. The molecule has 0 heterocycles. The lowest BCUT2D eigenvalue weighted by molar-refractivity contribution is 0.107. The summed E-state index contributed by atoms with van der Waals surface area (Å²) < 4.78 is 0. The van der Waals surface area contributed by atoms with Crippen LogP contribution in [0.2, 0.25) is 0 Å².